The summed E-state index contributed by atoms with van der Waals surface area (Å²) in [6.07, 6.45) is 24.5. The fourth-order valence-electron chi connectivity index (χ4n) is 8.25. The van der Waals surface area contributed by atoms with Crippen LogP contribution >= 0.6 is 0 Å². The Labute approximate surface area is 194 Å². The molecular formula is C31H50. The fourth-order valence-corrected chi connectivity index (χ4v) is 8.25. The van der Waals surface area contributed by atoms with Crippen molar-refractivity contribution < 1.29 is 0 Å². The second-order valence-electron chi connectivity index (χ2n) is 13.4. The third kappa shape index (κ3) is 5.09. The van der Waals surface area contributed by atoms with E-state index in [-0.39, 0.29) is 0 Å². The second-order valence-corrected chi connectivity index (χ2v) is 13.4. The summed E-state index contributed by atoms with van der Waals surface area (Å²) in [7, 11) is 0. The van der Waals surface area contributed by atoms with Gasteiger partial charge in [0.05, 0.1) is 0 Å². The van der Waals surface area contributed by atoms with Crippen LogP contribution in [0.1, 0.15) is 119 Å². The van der Waals surface area contributed by atoms with E-state index in [0.717, 1.165) is 29.6 Å². The normalized spacial score (nSPS) is 39.5. The molecule has 0 aromatic carbocycles. The smallest absolute Gasteiger partial charge is 0.0143 e. The quantitative estimate of drug-likeness (QED) is 0.387. The molecule has 31 heavy (non-hydrogen) atoms. The summed E-state index contributed by atoms with van der Waals surface area (Å²) in [4.78, 5) is 0. The molecule has 0 aromatic heterocycles. The van der Waals surface area contributed by atoms with Crippen LogP contribution in [0.5, 0.6) is 0 Å². The molecule has 0 amide bonds. The van der Waals surface area contributed by atoms with Crippen LogP contribution in [0.2, 0.25) is 0 Å². The van der Waals surface area contributed by atoms with Gasteiger partial charge in [0, 0.05) is 0 Å². The van der Waals surface area contributed by atoms with Gasteiger partial charge in [0.25, 0.3) is 0 Å². The predicted octanol–water partition coefficient (Wildman–Crippen LogP) is 9.67. The third-order valence-electron chi connectivity index (χ3n) is 9.86. The first-order chi connectivity index (χ1) is 14.7. The largest absolute Gasteiger partial charge is 0.0847 e. The number of allylic oxidation sites excluding steroid dienone is 6. The average molecular weight is 423 g/mol. The van der Waals surface area contributed by atoms with Crippen LogP contribution in [0.25, 0.3) is 0 Å². The Balaban J connectivity index is 1.42. The van der Waals surface area contributed by atoms with E-state index in [9.17, 15) is 0 Å². The maximum absolute atomic E-state index is 2.67. The lowest BCUT2D eigenvalue weighted by molar-refractivity contribution is 0.0920. The molecule has 0 radical (unpaired) electrons. The van der Waals surface area contributed by atoms with Crippen molar-refractivity contribution in [1.29, 1.82) is 0 Å². The molecule has 2 unspecified atom stereocenters. The molecule has 4 aliphatic rings. The molecule has 3 saturated carbocycles. The van der Waals surface area contributed by atoms with Crippen molar-refractivity contribution in [2.45, 2.75) is 119 Å². The number of fused-ring (bicyclic) bond motifs is 2. The van der Waals surface area contributed by atoms with Crippen LogP contribution in [-0.4, -0.2) is 0 Å². The summed E-state index contributed by atoms with van der Waals surface area (Å²) < 4.78 is 0. The van der Waals surface area contributed by atoms with Gasteiger partial charge >= 0.3 is 0 Å². The van der Waals surface area contributed by atoms with Gasteiger partial charge in [0.15, 0.2) is 0 Å². The molecule has 6 atom stereocenters. The summed E-state index contributed by atoms with van der Waals surface area (Å²) >= 11 is 0. The van der Waals surface area contributed by atoms with Gasteiger partial charge in [-0.2, -0.15) is 0 Å². The standard InChI is InChI=1S/C31H50/c1-22(10-8-18-30(3,4)5)28-16-17-29-25(12-9-19-31(28,29)6)15-14-24-20-23(2)27-13-7-11-26(27)21-24/h13-15,22-23,26,28-29H,7-12,16-21H2,1-6H3/b24-14-,25-15+/t22-,23-,26+,28?,29?,31-/m1/s1. The van der Waals surface area contributed by atoms with Crippen molar-refractivity contribution in [3.05, 3.63) is 34.9 Å². The highest BCUT2D eigenvalue weighted by molar-refractivity contribution is 5.30. The second kappa shape index (κ2) is 9.23. The first kappa shape index (κ1) is 23.4. The highest BCUT2D eigenvalue weighted by Gasteiger charge is 2.50. The molecule has 3 fully saturated rings. The van der Waals surface area contributed by atoms with Gasteiger partial charge in [0.2, 0.25) is 0 Å². The van der Waals surface area contributed by atoms with E-state index < -0.39 is 0 Å². The fraction of sp³-hybridized carbons (Fsp3) is 0.806. The molecule has 0 heteroatoms. The van der Waals surface area contributed by atoms with E-state index >= 15 is 0 Å². The molecule has 0 saturated heterocycles. The lowest BCUT2D eigenvalue weighted by Crippen LogP contribution is -2.36. The van der Waals surface area contributed by atoms with Crippen molar-refractivity contribution in [1.82, 2.24) is 0 Å². The molecule has 0 heterocycles. The maximum Gasteiger partial charge on any atom is -0.0143 e. The maximum atomic E-state index is 2.67. The van der Waals surface area contributed by atoms with Crippen molar-refractivity contribution in [2.75, 3.05) is 0 Å². The Hall–Kier alpha value is -0.780. The summed E-state index contributed by atoms with van der Waals surface area (Å²) in [5.41, 5.74) is 6.38. The van der Waals surface area contributed by atoms with E-state index in [4.69, 9.17) is 0 Å². The van der Waals surface area contributed by atoms with Gasteiger partial charge in [-0.05, 0) is 105 Å². The molecule has 174 valence electrons. The highest BCUT2D eigenvalue weighted by atomic mass is 14.5. The highest BCUT2D eigenvalue weighted by Crippen LogP contribution is 2.60. The van der Waals surface area contributed by atoms with Crippen LogP contribution in [0, 0.1) is 40.4 Å². The van der Waals surface area contributed by atoms with Gasteiger partial charge in [-0.25, -0.2) is 0 Å². The van der Waals surface area contributed by atoms with Crippen LogP contribution < -0.4 is 0 Å². The lowest BCUT2D eigenvalue weighted by atomic mass is 9.60. The Morgan fingerprint density at radius 1 is 1.13 bits per heavy atom. The van der Waals surface area contributed by atoms with Gasteiger partial charge in [-0.3, -0.25) is 0 Å². The van der Waals surface area contributed by atoms with E-state index in [2.05, 4.69) is 59.8 Å². The number of hydrogen-bond acceptors (Lipinski definition) is 0. The molecule has 0 aromatic rings. The van der Waals surface area contributed by atoms with Crippen LogP contribution in [0.3, 0.4) is 0 Å². The first-order valence-electron chi connectivity index (χ1n) is 13.8. The minimum atomic E-state index is 0.488. The Kier molecular flexibility index (Phi) is 6.96. The molecule has 0 aliphatic heterocycles. The van der Waals surface area contributed by atoms with Crippen molar-refractivity contribution in [3.8, 4) is 0 Å². The van der Waals surface area contributed by atoms with E-state index in [1.54, 1.807) is 11.1 Å². The van der Waals surface area contributed by atoms with Gasteiger partial charge in [-0.1, -0.05) is 89.3 Å². The minimum absolute atomic E-state index is 0.488. The zero-order chi connectivity index (χ0) is 22.2. The zero-order valence-electron chi connectivity index (χ0n) is 21.6. The topological polar surface area (TPSA) is 0 Å². The molecule has 0 nitrogen and oxygen atoms in total. The average Bonchev–Trinajstić information content (AvgIpc) is 3.29. The third-order valence-corrected chi connectivity index (χ3v) is 9.86. The van der Waals surface area contributed by atoms with E-state index in [1.807, 2.05) is 5.57 Å². The summed E-state index contributed by atoms with van der Waals surface area (Å²) in [6.45, 7) is 14.9. The lowest BCUT2D eigenvalue weighted by Gasteiger charge is -2.44. The molecule has 0 bridgehead atoms. The van der Waals surface area contributed by atoms with Crippen LogP contribution in [0.15, 0.2) is 34.9 Å². The zero-order valence-corrected chi connectivity index (χ0v) is 21.6. The molecule has 4 rings (SSSR count). The van der Waals surface area contributed by atoms with Crippen molar-refractivity contribution in [2.24, 2.45) is 40.4 Å². The first-order valence-corrected chi connectivity index (χ1v) is 13.8. The number of rotatable bonds is 5. The molecular weight excluding hydrogens is 372 g/mol. The van der Waals surface area contributed by atoms with Gasteiger partial charge in [0.1, 0.15) is 0 Å². The minimum Gasteiger partial charge on any atom is -0.0847 e. The Bertz CT molecular complexity index is 726. The number of hydrogen-bond donors (Lipinski definition) is 0. The SMILES string of the molecule is C[C@@H]1C/C(=C/C=C2\CCC[C@@]3(C)C2CCC3[C@H](C)CCCC(C)(C)C)C[C@@H]2CCC=C21. The van der Waals surface area contributed by atoms with Crippen LogP contribution in [0.4, 0.5) is 0 Å². The summed E-state index contributed by atoms with van der Waals surface area (Å²) in [5, 5.41) is 0. The molecule has 0 spiro atoms. The predicted molar refractivity (Wildman–Crippen MR) is 136 cm³/mol. The van der Waals surface area contributed by atoms with E-state index in [0.29, 0.717) is 10.8 Å². The van der Waals surface area contributed by atoms with Gasteiger partial charge < -0.3 is 0 Å². The van der Waals surface area contributed by atoms with E-state index in [1.165, 1.54) is 77.0 Å². The Morgan fingerprint density at radius 2 is 1.94 bits per heavy atom. The molecule has 0 N–H and O–H groups in total. The Morgan fingerprint density at radius 3 is 2.71 bits per heavy atom. The van der Waals surface area contributed by atoms with Crippen LogP contribution in [-0.2, 0) is 0 Å². The van der Waals surface area contributed by atoms with Crippen molar-refractivity contribution >= 4 is 0 Å². The monoisotopic (exact) mass is 422 g/mol. The van der Waals surface area contributed by atoms with Crippen molar-refractivity contribution in [3.63, 3.8) is 0 Å². The summed E-state index contributed by atoms with van der Waals surface area (Å²) in [6, 6.07) is 0. The summed E-state index contributed by atoms with van der Waals surface area (Å²) in [5.74, 6) is 4.34. The molecule has 4 aliphatic carbocycles. The van der Waals surface area contributed by atoms with Gasteiger partial charge in [-0.15, -0.1) is 0 Å².